The monoisotopic (exact) mass is 394 g/mol. The Morgan fingerprint density at radius 3 is 2.28 bits per heavy atom. The lowest BCUT2D eigenvalue weighted by Gasteiger charge is -2.22. The Labute approximate surface area is 172 Å². The number of nitrogens with zero attached hydrogens (tertiary/aromatic N) is 3. The molecule has 0 bridgehead atoms. The Kier molecular flexibility index (Phi) is 6.30. The van der Waals surface area contributed by atoms with Crippen molar-refractivity contribution in [2.45, 2.75) is 64.2 Å². The summed E-state index contributed by atoms with van der Waals surface area (Å²) < 4.78 is 13.5. The number of aromatic nitrogens is 3. The highest BCUT2D eigenvalue weighted by molar-refractivity contribution is 5.82. The van der Waals surface area contributed by atoms with E-state index in [2.05, 4.69) is 51.1 Å². The Hall–Kier alpha value is -2.60. The summed E-state index contributed by atoms with van der Waals surface area (Å²) in [6.45, 7) is 1.05. The van der Waals surface area contributed by atoms with Crippen LogP contribution in [0.25, 0.3) is 11.0 Å². The van der Waals surface area contributed by atoms with Gasteiger partial charge in [0.15, 0.2) is 0 Å². The molecule has 1 aliphatic rings. The van der Waals surface area contributed by atoms with Crippen molar-refractivity contribution in [3.05, 3.63) is 47.7 Å². The fourth-order valence-corrected chi connectivity index (χ4v) is 4.19. The summed E-state index contributed by atoms with van der Waals surface area (Å²) in [5.41, 5.74) is 9.13. The summed E-state index contributed by atoms with van der Waals surface area (Å²) in [5, 5.41) is 0.928. The number of nitrogens with two attached hydrogens (primary N) is 1. The number of ether oxygens (including phenoxy) is 2. The Morgan fingerprint density at radius 1 is 0.931 bits per heavy atom. The van der Waals surface area contributed by atoms with Crippen LogP contribution in [-0.4, -0.2) is 21.6 Å². The minimum absolute atomic E-state index is 0.258. The van der Waals surface area contributed by atoms with Gasteiger partial charge in [0.25, 0.3) is 0 Å². The molecule has 6 heteroatoms. The second-order valence-corrected chi connectivity index (χ2v) is 7.88. The normalized spacial score (nSPS) is 15.9. The second kappa shape index (κ2) is 9.27. The van der Waals surface area contributed by atoms with Gasteiger partial charge in [-0.2, -0.15) is 9.97 Å². The highest BCUT2D eigenvalue weighted by Gasteiger charge is 2.19. The van der Waals surface area contributed by atoms with E-state index in [9.17, 15) is 0 Å². The molecule has 29 heavy (non-hydrogen) atoms. The summed E-state index contributed by atoms with van der Waals surface area (Å²) in [6, 6.07) is 10.7. The number of benzene rings is 1. The molecule has 0 radical (unpaired) electrons. The quantitative estimate of drug-likeness (QED) is 0.635. The van der Waals surface area contributed by atoms with Gasteiger partial charge in [-0.15, -0.1) is 0 Å². The van der Waals surface area contributed by atoms with Crippen LogP contribution in [0, 0.1) is 0 Å². The molecule has 3 aromatic rings. The third kappa shape index (κ3) is 4.70. The first kappa shape index (κ1) is 19.7. The second-order valence-electron chi connectivity index (χ2n) is 7.88. The zero-order chi connectivity index (χ0) is 20.1. The Balaban J connectivity index is 1.54. The summed E-state index contributed by atoms with van der Waals surface area (Å²) >= 11 is 0. The molecule has 1 fully saturated rings. The maximum atomic E-state index is 6.06. The van der Waals surface area contributed by atoms with Crippen LogP contribution in [0.2, 0.25) is 0 Å². The number of rotatable bonds is 6. The fraction of sp³-hybridized carbons (Fsp3) is 0.478. The molecule has 154 valence electrons. The molecule has 1 aromatic carbocycles. The third-order valence-electron chi connectivity index (χ3n) is 5.73. The van der Waals surface area contributed by atoms with Crippen molar-refractivity contribution in [1.29, 1.82) is 0 Å². The van der Waals surface area contributed by atoms with E-state index in [1.165, 1.54) is 44.9 Å². The molecule has 1 saturated carbocycles. The molecular formula is C23H30N4O2. The molecule has 2 aromatic heterocycles. The van der Waals surface area contributed by atoms with Crippen LogP contribution >= 0.6 is 0 Å². The van der Waals surface area contributed by atoms with Crippen LogP contribution in [0.5, 0.6) is 5.88 Å². The molecule has 6 nitrogen and oxygen atoms in total. The standard InChI is InChI=1S/C23H30N4O2/c1-28-15-17-9-11-18(12-10-17)16-29-22-20-13-14-27(21(20)25-23(24)26-22)19-7-5-3-2-4-6-8-19/h9-14,19H,2-8,15-16H2,1H3,(H2,24,25,26). The lowest BCUT2D eigenvalue weighted by molar-refractivity contribution is 0.185. The Bertz CT molecular complexity index is 928. The van der Waals surface area contributed by atoms with Crippen LogP contribution in [0.15, 0.2) is 36.5 Å². The third-order valence-corrected chi connectivity index (χ3v) is 5.73. The maximum absolute atomic E-state index is 6.06. The lowest BCUT2D eigenvalue weighted by Crippen LogP contribution is -2.11. The fourth-order valence-electron chi connectivity index (χ4n) is 4.19. The molecule has 2 heterocycles. The molecule has 1 aliphatic carbocycles. The average molecular weight is 395 g/mol. The van der Waals surface area contributed by atoms with Crippen LogP contribution in [0.4, 0.5) is 5.95 Å². The van der Waals surface area contributed by atoms with Crippen molar-refractivity contribution in [2.24, 2.45) is 0 Å². The summed E-state index contributed by atoms with van der Waals surface area (Å²) in [6.07, 6.45) is 11.1. The van der Waals surface area contributed by atoms with Gasteiger partial charge in [0.1, 0.15) is 12.3 Å². The van der Waals surface area contributed by atoms with Crippen molar-refractivity contribution in [2.75, 3.05) is 12.8 Å². The van der Waals surface area contributed by atoms with Crippen molar-refractivity contribution in [3.8, 4) is 5.88 Å². The number of nitrogen functional groups attached to an aromatic ring is 1. The highest BCUT2D eigenvalue weighted by Crippen LogP contribution is 2.32. The number of fused-ring (bicyclic) bond motifs is 1. The average Bonchev–Trinajstić information content (AvgIpc) is 3.11. The molecule has 2 N–H and O–H groups in total. The number of methoxy groups -OCH3 is 1. The lowest BCUT2D eigenvalue weighted by atomic mass is 9.96. The first-order valence-corrected chi connectivity index (χ1v) is 10.6. The van der Waals surface area contributed by atoms with Crippen molar-refractivity contribution >= 4 is 17.0 Å². The summed E-state index contributed by atoms with van der Waals surface area (Å²) in [5.74, 6) is 0.812. The van der Waals surface area contributed by atoms with Gasteiger partial charge < -0.3 is 19.8 Å². The van der Waals surface area contributed by atoms with E-state index in [1.807, 2.05) is 0 Å². The largest absolute Gasteiger partial charge is 0.472 e. The minimum atomic E-state index is 0.258. The van der Waals surface area contributed by atoms with E-state index in [0.717, 1.165) is 22.2 Å². The van der Waals surface area contributed by atoms with Gasteiger partial charge in [0, 0.05) is 19.3 Å². The molecule has 0 spiro atoms. The summed E-state index contributed by atoms with van der Waals surface area (Å²) in [4.78, 5) is 8.91. The topological polar surface area (TPSA) is 75.2 Å². The van der Waals surface area contributed by atoms with Gasteiger partial charge in [0.2, 0.25) is 11.8 Å². The Morgan fingerprint density at radius 2 is 1.59 bits per heavy atom. The van der Waals surface area contributed by atoms with Gasteiger partial charge in [-0.3, -0.25) is 0 Å². The number of anilines is 1. The van der Waals surface area contributed by atoms with E-state index in [0.29, 0.717) is 25.1 Å². The van der Waals surface area contributed by atoms with Gasteiger partial charge in [-0.05, 0) is 30.0 Å². The molecule has 0 saturated heterocycles. The van der Waals surface area contributed by atoms with Crippen LogP contribution < -0.4 is 10.5 Å². The van der Waals surface area contributed by atoms with Crippen molar-refractivity contribution in [1.82, 2.24) is 14.5 Å². The van der Waals surface area contributed by atoms with Gasteiger partial charge in [-0.1, -0.05) is 56.4 Å². The van der Waals surface area contributed by atoms with E-state index in [-0.39, 0.29) is 5.95 Å². The number of hydrogen-bond acceptors (Lipinski definition) is 5. The molecule has 0 aliphatic heterocycles. The predicted octanol–water partition coefficient (Wildman–Crippen LogP) is 5.02. The number of hydrogen-bond donors (Lipinski definition) is 1. The van der Waals surface area contributed by atoms with E-state index < -0.39 is 0 Å². The van der Waals surface area contributed by atoms with E-state index in [1.54, 1.807) is 7.11 Å². The SMILES string of the molecule is COCc1ccc(COc2nc(N)nc3c2ccn3C2CCCCCCC2)cc1. The molecule has 0 amide bonds. The van der Waals surface area contributed by atoms with Crippen molar-refractivity contribution < 1.29 is 9.47 Å². The van der Waals surface area contributed by atoms with Gasteiger partial charge in [-0.25, -0.2) is 0 Å². The molecular weight excluding hydrogens is 364 g/mol. The molecule has 0 unspecified atom stereocenters. The first-order valence-electron chi connectivity index (χ1n) is 10.6. The first-order chi connectivity index (χ1) is 14.2. The van der Waals surface area contributed by atoms with E-state index >= 15 is 0 Å². The van der Waals surface area contributed by atoms with E-state index in [4.69, 9.17) is 15.2 Å². The van der Waals surface area contributed by atoms with Crippen molar-refractivity contribution in [3.63, 3.8) is 0 Å². The van der Waals surface area contributed by atoms with Gasteiger partial charge in [0.05, 0.1) is 12.0 Å². The van der Waals surface area contributed by atoms with Crippen LogP contribution in [-0.2, 0) is 18.0 Å². The maximum Gasteiger partial charge on any atom is 0.228 e. The molecule has 4 rings (SSSR count). The van der Waals surface area contributed by atoms with Crippen LogP contribution in [0.1, 0.15) is 62.1 Å². The minimum Gasteiger partial charge on any atom is -0.472 e. The zero-order valence-corrected chi connectivity index (χ0v) is 17.1. The highest BCUT2D eigenvalue weighted by atomic mass is 16.5. The van der Waals surface area contributed by atoms with Gasteiger partial charge >= 0.3 is 0 Å². The van der Waals surface area contributed by atoms with Crippen LogP contribution in [0.3, 0.4) is 0 Å². The smallest absolute Gasteiger partial charge is 0.228 e. The molecule has 0 atom stereocenters. The predicted molar refractivity (Wildman–Crippen MR) is 115 cm³/mol. The summed E-state index contributed by atoms with van der Waals surface area (Å²) in [7, 11) is 1.70. The zero-order valence-electron chi connectivity index (χ0n) is 17.1.